The van der Waals surface area contributed by atoms with Gasteiger partial charge >= 0.3 is 0 Å². The first-order valence-corrected chi connectivity index (χ1v) is 8.50. The van der Waals surface area contributed by atoms with Crippen molar-refractivity contribution in [3.05, 3.63) is 0 Å². The van der Waals surface area contributed by atoms with E-state index in [1.807, 2.05) is 4.90 Å². The van der Waals surface area contributed by atoms with Gasteiger partial charge in [-0.3, -0.25) is 9.59 Å². The second kappa shape index (κ2) is 6.96. The highest BCUT2D eigenvalue weighted by molar-refractivity contribution is 5.86. The summed E-state index contributed by atoms with van der Waals surface area (Å²) in [4.78, 5) is 30.5. The van der Waals surface area contributed by atoms with E-state index in [4.69, 9.17) is 4.74 Å². The quantitative estimate of drug-likeness (QED) is 0.734. The number of hydrogen-bond donors (Lipinski definition) is 0. The van der Waals surface area contributed by atoms with E-state index in [-0.39, 0.29) is 30.5 Å². The van der Waals surface area contributed by atoms with Crippen LogP contribution in [-0.4, -0.2) is 85.0 Å². The highest BCUT2D eigenvalue weighted by Gasteiger charge is 2.37. The molecule has 22 heavy (non-hydrogen) atoms. The standard InChI is InChI=1S/C16H27N3O3/c1-22-14-9-13(10-17-6-2-3-7-17)19(11-14)16(21)12-18-8-4-5-15(18)20/h13-14H,2-12H2,1H3/t13-,14-/m0/s1. The Morgan fingerprint density at radius 2 is 2.00 bits per heavy atom. The van der Waals surface area contributed by atoms with Gasteiger partial charge in [0.05, 0.1) is 12.6 Å². The minimum absolute atomic E-state index is 0.0824. The van der Waals surface area contributed by atoms with Crippen LogP contribution in [0.5, 0.6) is 0 Å². The van der Waals surface area contributed by atoms with E-state index in [2.05, 4.69) is 4.90 Å². The summed E-state index contributed by atoms with van der Waals surface area (Å²) in [5.41, 5.74) is 0. The lowest BCUT2D eigenvalue weighted by Crippen LogP contribution is -2.47. The molecule has 0 saturated carbocycles. The lowest BCUT2D eigenvalue weighted by molar-refractivity contribution is -0.139. The molecule has 2 amide bonds. The van der Waals surface area contributed by atoms with Crippen molar-refractivity contribution in [2.45, 2.75) is 44.2 Å². The molecular weight excluding hydrogens is 282 g/mol. The lowest BCUT2D eigenvalue weighted by Gasteiger charge is -2.29. The molecule has 2 atom stereocenters. The zero-order valence-electron chi connectivity index (χ0n) is 13.5. The molecule has 0 radical (unpaired) electrons. The zero-order valence-corrected chi connectivity index (χ0v) is 13.5. The molecule has 0 spiro atoms. The van der Waals surface area contributed by atoms with Gasteiger partial charge in [0.2, 0.25) is 11.8 Å². The Bertz CT molecular complexity index is 423. The molecule has 0 aromatic rings. The van der Waals surface area contributed by atoms with E-state index in [1.165, 1.54) is 12.8 Å². The van der Waals surface area contributed by atoms with Crippen molar-refractivity contribution in [2.75, 3.05) is 46.4 Å². The Morgan fingerprint density at radius 1 is 1.23 bits per heavy atom. The molecule has 3 aliphatic heterocycles. The van der Waals surface area contributed by atoms with Gasteiger partial charge < -0.3 is 19.4 Å². The van der Waals surface area contributed by atoms with Gasteiger partial charge in [-0.05, 0) is 38.8 Å². The summed E-state index contributed by atoms with van der Waals surface area (Å²) in [6.07, 6.45) is 5.03. The number of methoxy groups -OCH3 is 1. The number of likely N-dealkylation sites (tertiary alicyclic amines) is 3. The molecule has 0 aromatic heterocycles. The van der Waals surface area contributed by atoms with Gasteiger partial charge in [-0.15, -0.1) is 0 Å². The second-order valence-electron chi connectivity index (χ2n) is 6.72. The fraction of sp³-hybridized carbons (Fsp3) is 0.875. The number of carbonyl (C=O) groups is 2. The zero-order chi connectivity index (χ0) is 15.5. The molecule has 0 bridgehead atoms. The third-order valence-corrected chi connectivity index (χ3v) is 5.19. The third kappa shape index (κ3) is 3.43. The SMILES string of the molecule is CO[C@H]1C[C@@H](CN2CCCC2)N(C(=O)CN2CCCC2=O)C1. The van der Waals surface area contributed by atoms with Crippen molar-refractivity contribution in [2.24, 2.45) is 0 Å². The van der Waals surface area contributed by atoms with Crippen molar-refractivity contribution < 1.29 is 14.3 Å². The minimum Gasteiger partial charge on any atom is -0.380 e. The van der Waals surface area contributed by atoms with Crippen LogP contribution in [0.2, 0.25) is 0 Å². The summed E-state index contributed by atoms with van der Waals surface area (Å²) >= 11 is 0. The molecular formula is C16H27N3O3. The van der Waals surface area contributed by atoms with Crippen molar-refractivity contribution in [1.29, 1.82) is 0 Å². The van der Waals surface area contributed by atoms with Crippen LogP contribution in [0.15, 0.2) is 0 Å². The summed E-state index contributed by atoms with van der Waals surface area (Å²) < 4.78 is 5.48. The van der Waals surface area contributed by atoms with E-state index in [0.717, 1.165) is 39.0 Å². The smallest absolute Gasteiger partial charge is 0.242 e. The maximum Gasteiger partial charge on any atom is 0.242 e. The highest BCUT2D eigenvalue weighted by Crippen LogP contribution is 2.23. The summed E-state index contributed by atoms with van der Waals surface area (Å²) in [7, 11) is 1.72. The molecule has 6 heteroatoms. The predicted molar refractivity (Wildman–Crippen MR) is 82.4 cm³/mol. The van der Waals surface area contributed by atoms with Gasteiger partial charge in [0.15, 0.2) is 0 Å². The van der Waals surface area contributed by atoms with Crippen LogP contribution >= 0.6 is 0 Å². The van der Waals surface area contributed by atoms with Crippen molar-refractivity contribution in [3.8, 4) is 0 Å². The van der Waals surface area contributed by atoms with Crippen LogP contribution in [0.4, 0.5) is 0 Å². The lowest BCUT2D eigenvalue weighted by atomic mass is 10.2. The van der Waals surface area contributed by atoms with Crippen LogP contribution in [0, 0.1) is 0 Å². The number of rotatable bonds is 5. The Hall–Kier alpha value is -1.14. The number of carbonyl (C=O) groups excluding carboxylic acids is 2. The van der Waals surface area contributed by atoms with E-state index in [1.54, 1.807) is 12.0 Å². The molecule has 124 valence electrons. The molecule has 0 aliphatic carbocycles. The average molecular weight is 309 g/mol. The van der Waals surface area contributed by atoms with E-state index in [0.29, 0.717) is 13.0 Å². The maximum absolute atomic E-state index is 12.7. The van der Waals surface area contributed by atoms with Gasteiger partial charge in [-0.1, -0.05) is 0 Å². The third-order valence-electron chi connectivity index (χ3n) is 5.19. The summed E-state index contributed by atoms with van der Waals surface area (Å²) in [6, 6.07) is 0.230. The first-order valence-electron chi connectivity index (χ1n) is 8.50. The number of amides is 2. The van der Waals surface area contributed by atoms with Crippen LogP contribution in [0.25, 0.3) is 0 Å². The predicted octanol–water partition coefficient (Wildman–Crippen LogP) is 0.321. The minimum atomic E-state index is 0.0824. The maximum atomic E-state index is 12.7. The average Bonchev–Trinajstić information content (AvgIpc) is 3.22. The van der Waals surface area contributed by atoms with E-state index >= 15 is 0 Å². The van der Waals surface area contributed by atoms with Gasteiger partial charge in [0.1, 0.15) is 0 Å². The van der Waals surface area contributed by atoms with Gasteiger partial charge in [-0.2, -0.15) is 0 Å². The molecule has 3 aliphatic rings. The van der Waals surface area contributed by atoms with Gasteiger partial charge in [0.25, 0.3) is 0 Å². The molecule has 3 saturated heterocycles. The first-order chi connectivity index (χ1) is 10.7. The van der Waals surface area contributed by atoms with Crippen molar-refractivity contribution >= 4 is 11.8 Å². The highest BCUT2D eigenvalue weighted by atomic mass is 16.5. The van der Waals surface area contributed by atoms with Crippen LogP contribution < -0.4 is 0 Å². The molecule has 3 heterocycles. The fourth-order valence-corrected chi connectivity index (χ4v) is 3.91. The Balaban J connectivity index is 1.60. The van der Waals surface area contributed by atoms with Gasteiger partial charge in [0, 0.05) is 39.2 Å². The molecule has 0 aromatic carbocycles. The molecule has 6 nitrogen and oxygen atoms in total. The number of hydrogen-bond acceptors (Lipinski definition) is 4. The van der Waals surface area contributed by atoms with E-state index in [9.17, 15) is 9.59 Å². The molecule has 0 unspecified atom stereocenters. The fourth-order valence-electron chi connectivity index (χ4n) is 3.91. The first kappa shape index (κ1) is 15.7. The van der Waals surface area contributed by atoms with Crippen molar-refractivity contribution in [3.63, 3.8) is 0 Å². The van der Waals surface area contributed by atoms with Crippen molar-refractivity contribution in [1.82, 2.24) is 14.7 Å². The van der Waals surface area contributed by atoms with Crippen LogP contribution in [0.3, 0.4) is 0 Å². The Kier molecular flexibility index (Phi) is 4.98. The van der Waals surface area contributed by atoms with E-state index < -0.39 is 0 Å². The summed E-state index contributed by atoms with van der Waals surface area (Å²) in [5.74, 6) is 0.200. The number of ether oxygens (including phenoxy) is 1. The van der Waals surface area contributed by atoms with Crippen LogP contribution in [0.1, 0.15) is 32.1 Å². The largest absolute Gasteiger partial charge is 0.380 e. The second-order valence-corrected chi connectivity index (χ2v) is 6.72. The van der Waals surface area contributed by atoms with Crippen LogP contribution in [-0.2, 0) is 14.3 Å². The Labute approximate surface area is 132 Å². The number of nitrogens with zero attached hydrogens (tertiary/aromatic N) is 3. The molecule has 3 rings (SSSR count). The Morgan fingerprint density at radius 3 is 2.64 bits per heavy atom. The normalized spacial score (nSPS) is 29.8. The molecule has 0 N–H and O–H groups in total. The molecule has 3 fully saturated rings. The monoisotopic (exact) mass is 309 g/mol. The summed E-state index contributed by atoms with van der Waals surface area (Å²) in [6.45, 7) is 4.85. The summed E-state index contributed by atoms with van der Waals surface area (Å²) in [5, 5.41) is 0. The van der Waals surface area contributed by atoms with Gasteiger partial charge in [-0.25, -0.2) is 0 Å². The topological polar surface area (TPSA) is 53.1 Å².